The molecule has 1 aliphatic heterocycles. The van der Waals surface area contributed by atoms with E-state index < -0.39 is 12.1 Å². The van der Waals surface area contributed by atoms with Crippen molar-refractivity contribution in [2.24, 2.45) is 0 Å². The summed E-state index contributed by atoms with van der Waals surface area (Å²) in [5.74, 6) is 0.192. The SMILES string of the molecule is COc1ccc2c(c1OC)C(=O)OC2C#N. The topological polar surface area (TPSA) is 68.6 Å². The molecule has 0 saturated carbocycles. The molecule has 1 unspecified atom stereocenters. The van der Waals surface area contributed by atoms with Crippen LogP contribution in [-0.2, 0) is 4.74 Å². The van der Waals surface area contributed by atoms with E-state index in [1.807, 2.05) is 6.07 Å². The van der Waals surface area contributed by atoms with E-state index in [2.05, 4.69) is 0 Å². The van der Waals surface area contributed by atoms with E-state index in [1.165, 1.54) is 14.2 Å². The van der Waals surface area contributed by atoms with Crippen molar-refractivity contribution in [2.75, 3.05) is 14.2 Å². The summed E-state index contributed by atoms with van der Waals surface area (Å²) in [6.45, 7) is 0. The van der Waals surface area contributed by atoms with Gasteiger partial charge >= 0.3 is 5.97 Å². The summed E-state index contributed by atoms with van der Waals surface area (Å²) in [6, 6.07) is 5.18. The van der Waals surface area contributed by atoms with Crippen LogP contribution in [0.25, 0.3) is 0 Å². The number of nitriles is 1. The van der Waals surface area contributed by atoms with Crippen LogP contribution < -0.4 is 9.47 Å². The van der Waals surface area contributed by atoms with E-state index in [-0.39, 0.29) is 5.56 Å². The van der Waals surface area contributed by atoms with Gasteiger partial charge in [0.1, 0.15) is 11.6 Å². The Morgan fingerprint density at radius 1 is 1.38 bits per heavy atom. The Kier molecular flexibility index (Phi) is 2.41. The average Bonchev–Trinajstić information content (AvgIpc) is 2.65. The maximum absolute atomic E-state index is 11.6. The number of hydrogen-bond acceptors (Lipinski definition) is 5. The second-order valence-corrected chi connectivity index (χ2v) is 3.18. The van der Waals surface area contributed by atoms with Gasteiger partial charge in [-0.05, 0) is 12.1 Å². The number of cyclic esters (lactones) is 1. The number of hydrogen-bond donors (Lipinski definition) is 0. The van der Waals surface area contributed by atoms with Gasteiger partial charge in [-0.2, -0.15) is 5.26 Å². The Bertz CT molecular complexity index is 489. The molecule has 82 valence electrons. The Morgan fingerprint density at radius 2 is 2.12 bits per heavy atom. The summed E-state index contributed by atoms with van der Waals surface area (Å²) in [5.41, 5.74) is 0.790. The Balaban J connectivity index is 2.66. The molecule has 1 aromatic carbocycles. The summed E-state index contributed by atoms with van der Waals surface area (Å²) in [5, 5.41) is 8.82. The van der Waals surface area contributed by atoms with Gasteiger partial charge in [-0.25, -0.2) is 4.79 Å². The molecule has 2 rings (SSSR count). The van der Waals surface area contributed by atoms with E-state index >= 15 is 0 Å². The first-order valence-electron chi connectivity index (χ1n) is 4.58. The van der Waals surface area contributed by atoms with Gasteiger partial charge in [0.25, 0.3) is 0 Å². The highest BCUT2D eigenvalue weighted by molar-refractivity contribution is 5.98. The second kappa shape index (κ2) is 3.74. The molecular formula is C11H9NO4. The molecule has 5 nitrogen and oxygen atoms in total. The maximum atomic E-state index is 11.6. The van der Waals surface area contributed by atoms with Crippen molar-refractivity contribution in [3.05, 3.63) is 23.3 Å². The predicted octanol–water partition coefficient (Wildman–Crippen LogP) is 1.44. The second-order valence-electron chi connectivity index (χ2n) is 3.18. The molecule has 0 radical (unpaired) electrons. The lowest BCUT2D eigenvalue weighted by Gasteiger charge is -2.09. The van der Waals surface area contributed by atoms with E-state index in [4.69, 9.17) is 19.5 Å². The average molecular weight is 219 g/mol. The number of esters is 1. The monoisotopic (exact) mass is 219 g/mol. The van der Waals surface area contributed by atoms with E-state index in [9.17, 15) is 4.79 Å². The lowest BCUT2D eigenvalue weighted by molar-refractivity contribution is 0.0475. The minimum Gasteiger partial charge on any atom is -0.493 e. The zero-order valence-electron chi connectivity index (χ0n) is 8.81. The maximum Gasteiger partial charge on any atom is 0.344 e. The van der Waals surface area contributed by atoms with E-state index in [0.717, 1.165) is 0 Å². The van der Waals surface area contributed by atoms with Gasteiger partial charge in [-0.3, -0.25) is 0 Å². The Labute approximate surface area is 92.1 Å². The Morgan fingerprint density at radius 3 is 2.69 bits per heavy atom. The number of ether oxygens (including phenoxy) is 3. The number of rotatable bonds is 2. The summed E-state index contributed by atoms with van der Waals surface area (Å²) < 4.78 is 15.1. The van der Waals surface area contributed by atoms with Gasteiger partial charge in [0, 0.05) is 5.56 Å². The van der Waals surface area contributed by atoms with Gasteiger partial charge < -0.3 is 14.2 Å². The van der Waals surface area contributed by atoms with Crippen LogP contribution in [0.5, 0.6) is 11.5 Å². The highest BCUT2D eigenvalue weighted by Gasteiger charge is 2.35. The number of benzene rings is 1. The highest BCUT2D eigenvalue weighted by Crippen LogP contribution is 2.41. The van der Waals surface area contributed by atoms with Crippen LogP contribution in [0.3, 0.4) is 0 Å². The first kappa shape index (κ1) is 10.3. The third-order valence-corrected chi connectivity index (χ3v) is 2.41. The van der Waals surface area contributed by atoms with Crippen LogP contribution in [0, 0.1) is 11.3 Å². The molecule has 1 aromatic rings. The molecule has 0 N–H and O–H groups in total. The summed E-state index contributed by atoms with van der Waals surface area (Å²) in [4.78, 5) is 11.6. The lowest BCUT2D eigenvalue weighted by atomic mass is 10.0. The number of fused-ring (bicyclic) bond motifs is 1. The fourth-order valence-corrected chi connectivity index (χ4v) is 1.70. The largest absolute Gasteiger partial charge is 0.493 e. The zero-order chi connectivity index (χ0) is 11.7. The molecule has 0 aromatic heterocycles. The van der Waals surface area contributed by atoms with Gasteiger partial charge in [-0.1, -0.05) is 0 Å². The molecule has 0 aliphatic carbocycles. The molecule has 16 heavy (non-hydrogen) atoms. The number of carbonyl (C=O) groups is 1. The van der Waals surface area contributed by atoms with Crippen LogP contribution >= 0.6 is 0 Å². The van der Waals surface area contributed by atoms with Gasteiger partial charge in [0.05, 0.1) is 14.2 Å². The molecule has 0 saturated heterocycles. The van der Waals surface area contributed by atoms with Crippen molar-refractivity contribution in [2.45, 2.75) is 6.10 Å². The van der Waals surface area contributed by atoms with Crippen LogP contribution in [0.2, 0.25) is 0 Å². The quantitative estimate of drug-likeness (QED) is 0.704. The molecule has 0 amide bonds. The first-order valence-corrected chi connectivity index (χ1v) is 4.58. The number of methoxy groups -OCH3 is 2. The van der Waals surface area contributed by atoms with Crippen LogP contribution in [0.1, 0.15) is 22.0 Å². The lowest BCUT2D eigenvalue weighted by Crippen LogP contribution is -2.00. The highest BCUT2D eigenvalue weighted by atomic mass is 16.6. The molecule has 0 spiro atoms. The third kappa shape index (κ3) is 1.27. The minimum atomic E-state index is -0.859. The number of carbonyl (C=O) groups excluding carboxylic acids is 1. The predicted molar refractivity (Wildman–Crippen MR) is 53.3 cm³/mol. The standard InChI is InChI=1S/C11H9NO4/c1-14-7-4-3-6-8(5-12)16-11(13)9(6)10(7)15-2/h3-4,8H,1-2H3. The minimum absolute atomic E-state index is 0.272. The van der Waals surface area contributed by atoms with Crippen molar-refractivity contribution in [3.8, 4) is 17.6 Å². The molecule has 5 heteroatoms. The van der Waals surface area contributed by atoms with Gasteiger partial charge in [-0.15, -0.1) is 0 Å². The molecular weight excluding hydrogens is 210 g/mol. The smallest absolute Gasteiger partial charge is 0.344 e. The third-order valence-electron chi connectivity index (χ3n) is 2.41. The van der Waals surface area contributed by atoms with Crippen molar-refractivity contribution >= 4 is 5.97 Å². The first-order chi connectivity index (χ1) is 7.72. The normalized spacial score (nSPS) is 17.3. The van der Waals surface area contributed by atoms with E-state index in [1.54, 1.807) is 12.1 Å². The summed E-state index contributed by atoms with van der Waals surface area (Å²) in [6.07, 6.45) is -0.859. The van der Waals surface area contributed by atoms with Crippen molar-refractivity contribution in [1.29, 1.82) is 5.26 Å². The van der Waals surface area contributed by atoms with Crippen LogP contribution in [0.15, 0.2) is 12.1 Å². The fraction of sp³-hybridized carbons (Fsp3) is 0.273. The van der Waals surface area contributed by atoms with Crippen molar-refractivity contribution in [1.82, 2.24) is 0 Å². The van der Waals surface area contributed by atoms with Crippen LogP contribution in [-0.4, -0.2) is 20.2 Å². The fourth-order valence-electron chi connectivity index (χ4n) is 1.70. The van der Waals surface area contributed by atoms with Gasteiger partial charge in [0.2, 0.25) is 6.10 Å². The number of nitrogens with zero attached hydrogens (tertiary/aromatic N) is 1. The van der Waals surface area contributed by atoms with Gasteiger partial charge in [0.15, 0.2) is 11.5 Å². The van der Waals surface area contributed by atoms with Crippen molar-refractivity contribution in [3.63, 3.8) is 0 Å². The van der Waals surface area contributed by atoms with Crippen molar-refractivity contribution < 1.29 is 19.0 Å². The zero-order valence-corrected chi connectivity index (χ0v) is 8.81. The van der Waals surface area contributed by atoms with Crippen LogP contribution in [0.4, 0.5) is 0 Å². The Hall–Kier alpha value is -2.22. The molecule has 1 atom stereocenters. The summed E-state index contributed by atoms with van der Waals surface area (Å²) in [7, 11) is 2.91. The molecule has 0 bridgehead atoms. The molecule has 0 fully saturated rings. The van der Waals surface area contributed by atoms with E-state index in [0.29, 0.717) is 17.1 Å². The summed E-state index contributed by atoms with van der Waals surface area (Å²) >= 11 is 0. The molecule has 1 heterocycles. The molecule has 1 aliphatic rings.